The molecule has 1 aliphatic rings. The van der Waals surface area contributed by atoms with Crippen molar-refractivity contribution in [2.24, 2.45) is 5.14 Å². The lowest BCUT2D eigenvalue weighted by atomic mass is 10.2. The summed E-state index contributed by atoms with van der Waals surface area (Å²) in [5.41, 5.74) is 6.35. The molecule has 0 saturated carbocycles. The third-order valence-electron chi connectivity index (χ3n) is 2.84. The normalized spacial score (nSPS) is 20.0. The van der Waals surface area contributed by atoms with Crippen molar-refractivity contribution < 1.29 is 13.2 Å². The van der Waals surface area contributed by atoms with E-state index in [4.69, 9.17) is 20.9 Å². The molecule has 0 bridgehead atoms. The minimum Gasteiger partial charge on any atom is -0.399 e. The molecule has 1 fully saturated rings. The number of ether oxygens (including phenoxy) is 1. The van der Waals surface area contributed by atoms with Gasteiger partial charge in [0.15, 0.2) is 6.10 Å². The zero-order chi connectivity index (χ0) is 14.0. The van der Waals surface area contributed by atoms with Crippen LogP contribution in [0.1, 0.15) is 0 Å². The molecule has 1 aromatic rings. The smallest absolute Gasteiger partial charge is 0.240 e. The number of nitriles is 1. The van der Waals surface area contributed by atoms with Gasteiger partial charge in [-0.05, 0) is 18.2 Å². The van der Waals surface area contributed by atoms with Crippen molar-refractivity contribution in [1.29, 1.82) is 5.26 Å². The Labute approximate surface area is 111 Å². The first kappa shape index (κ1) is 13.6. The van der Waals surface area contributed by atoms with Gasteiger partial charge < -0.3 is 15.4 Å². The number of hydrogen-bond acceptors (Lipinski definition) is 6. The molecular weight excluding hydrogens is 268 g/mol. The molecule has 0 amide bonds. The second-order valence-corrected chi connectivity index (χ2v) is 5.74. The lowest BCUT2D eigenvalue weighted by Crippen LogP contribution is -2.42. The number of hydrogen-bond donors (Lipinski definition) is 2. The SMILES string of the molecule is N#CC1CN(c2ccc(N)cc2S(N)(=O)=O)CCO1. The van der Waals surface area contributed by atoms with Gasteiger partial charge in [-0.2, -0.15) is 5.26 Å². The van der Waals surface area contributed by atoms with Gasteiger partial charge in [-0.3, -0.25) is 0 Å². The first-order valence-electron chi connectivity index (χ1n) is 5.60. The van der Waals surface area contributed by atoms with Gasteiger partial charge in [-0.25, -0.2) is 13.6 Å². The van der Waals surface area contributed by atoms with Crippen molar-refractivity contribution in [3.8, 4) is 6.07 Å². The van der Waals surface area contributed by atoms with Gasteiger partial charge in [-0.1, -0.05) is 0 Å². The summed E-state index contributed by atoms with van der Waals surface area (Å²) in [6, 6.07) is 6.52. The molecule has 19 heavy (non-hydrogen) atoms. The molecule has 0 aromatic heterocycles. The van der Waals surface area contributed by atoms with Crippen LogP contribution in [0.2, 0.25) is 0 Å². The quantitative estimate of drug-likeness (QED) is 0.714. The van der Waals surface area contributed by atoms with E-state index in [0.717, 1.165) is 0 Å². The number of anilines is 2. The predicted molar refractivity (Wildman–Crippen MR) is 69.8 cm³/mol. The molecule has 1 aromatic carbocycles. The second kappa shape index (κ2) is 5.05. The van der Waals surface area contributed by atoms with Crippen LogP contribution >= 0.6 is 0 Å². The van der Waals surface area contributed by atoms with Gasteiger partial charge in [0, 0.05) is 12.2 Å². The summed E-state index contributed by atoms with van der Waals surface area (Å²) in [6.07, 6.45) is -0.584. The highest BCUT2D eigenvalue weighted by Gasteiger charge is 2.25. The van der Waals surface area contributed by atoms with E-state index in [1.54, 1.807) is 17.0 Å². The van der Waals surface area contributed by atoms with Crippen LogP contribution in [0.15, 0.2) is 23.1 Å². The van der Waals surface area contributed by atoms with Crippen LogP contribution in [0, 0.1) is 11.3 Å². The molecule has 1 unspecified atom stereocenters. The number of nitrogens with zero attached hydrogens (tertiary/aromatic N) is 2. The van der Waals surface area contributed by atoms with Crippen molar-refractivity contribution in [3.63, 3.8) is 0 Å². The number of rotatable bonds is 2. The minimum atomic E-state index is -3.87. The minimum absolute atomic E-state index is 0.0360. The molecule has 2 rings (SSSR count). The van der Waals surface area contributed by atoms with Crippen LogP contribution in [0.3, 0.4) is 0 Å². The highest BCUT2D eigenvalue weighted by atomic mass is 32.2. The average molecular weight is 282 g/mol. The van der Waals surface area contributed by atoms with E-state index in [1.807, 2.05) is 6.07 Å². The van der Waals surface area contributed by atoms with Crippen LogP contribution in [-0.2, 0) is 14.8 Å². The van der Waals surface area contributed by atoms with E-state index in [2.05, 4.69) is 0 Å². The number of benzene rings is 1. The molecule has 0 aliphatic carbocycles. The Morgan fingerprint density at radius 2 is 2.21 bits per heavy atom. The van der Waals surface area contributed by atoms with Gasteiger partial charge in [-0.15, -0.1) is 0 Å². The average Bonchev–Trinajstić information content (AvgIpc) is 2.37. The second-order valence-electron chi connectivity index (χ2n) is 4.21. The summed E-state index contributed by atoms with van der Waals surface area (Å²) >= 11 is 0. The molecule has 0 radical (unpaired) electrons. The Balaban J connectivity index is 2.42. The van der Waals surface area contributed by atoms with Gasteiger partial charge in [0.1, 0.15) is 4.90 Å². The number of sulfonamides is 1. The standard InChI is InChI=1S/C11H14N4O3S/c12-6-9-7-15(3-4-18-9)10-2-1-8(13)5-11(10)19(14,16)17/h1-2,5,9H,3-4,7,13H2,(H2,14,16,17). The zero-order valence-electron chi connectivity index (χ0n) is 10.1. The lowest BCUT2D eigenvalue weighted by molar-refractivity contribution is 0.0762. The number of morpholine rings is 1. The Bertz CT molecular complexity index is 623. The Hall–Kier alpha value is -1.82. The first-order valence-corrected chi connectivity index (χ1v) is 7.15. The van der Waals surface area contributed by atoms with E-state index in [-0.39, 0.29) is 4.90 Å². The maximum atomic E-state index is 11.6. The molecular formula is C11H14N4O3S. The third-order valence-corrected chi connectivity index (χ3v) is 3.78. The van der Waals surface area contributed by atoms with Crippen LogP contribution in [0.4, 0.5) is 11.4 Å². The van der Waals surface area contributed by atoms with Crippen LogP contribution < -0.4 is 15.8 Å². The predicted octanol–water partition coefficient (Wildman–Crippen LogP) is -0.355. The number of nitrogen functional groups attached to an aromatic ring is 1. The summed E-state index contributed by atoms with van der Waals surface area (Å²) < 4.78 is 28.4. The van der Waals surface area contributed by atoms with Gasteiger partial charge >= 0.3 is 0 Å². The Morgan fingerprint density at radius 1 is 1.47 bits per heavy atom. The monoisotopic (exact) mass is 282 g/mol. The Morgan fingerprint density at radius 3 is 2.84 bits per heavy atom. The largest absolute Gasteiger partial charge is 0.399 e. The lowest BCUT2D eigenvalue weighted by Gasteiger charge is -2.32. The Kier molecular flexibility index (Phi) is 3.61. The van der Waals surface area contributed by atoms with Gasteiger partial charge in [0.25, 0.3) is 0 Å². The van der Waals surface area contributed by atoms with Crippen molar-refractivity contribution in [2.45, 2.75) is 11.0 Å². The molecule has 8 heteroatoms. The number of nitrogens with two attached hydrogens (primary N) is 2. The fourth-order valence-electron chi connectivity index (χ4n) is 1.97. The van der Waals surface area contributed by atoms with Crippen molar-refractivity contribution in [3.05, 3.63) is 18.2 Å². The zero-order valence-corrected chi connectivity index (χ0v) is 10.9. The molecule has 102 valence electrons. The topological polar surface area (TPSA) is 122 Å². The maximum absolute atomic E-state index is 11.6. The number of primary sulfonamides is 1. The van der Waals surface area contributed by atoms with Gasteiger partial charge in [0.2, 0.25) is 10.0 Å². The van der Waals surface area contributed by atoms with Crippen molar-refractivity contribution >= 4 is 21.4 Å². The highest BCUT2D eigenvalue weighted by Crippen LogP contribution is 2.28. The third kappa shape index (κ3) is 2.96. The summed E-state index contributed by atoms with van der Waals surface area (Å²) in [4.78, 5) is 1.72. The molecule has 7 nitrogen and oxygen atoms in total. The fraction of sp³-hybridized carbons (Fsp3) is 0.364. The summed E-state index contributed by atoms with van der Waals surface area (Å²) in [6.45, 7) is 1.14. The molecule has 1 saturated heterocycles. The molecule has 1 aliphatic heterocycles. The van der Waals surface area contributed by atoms with Crippen molar-refractivity contribution in [2.75, 3.05) is 30.3 Å². The maximum Gasteiger partial charge on any atom is 0.240 e. The molecule has 1 atom stereocenters. The summed E-state index contributed by atoms with van der Waals surface area (Å²) in [5, 5.41) is 14.1. The molecule has 4 N–H and O–H groups in total. The van der Waals surface area contributed by atoms with Crippen LogP contribution in [-0.4, -0.2) is 34.2 Å². The molecule has 0 spiro atoms. The first-order chi connectivity index (χ1) is 8.91. The summed E-state index contributed by atoms with van der Waals surface area (Å²) in [5.74, 6) is 0. The van der Waals surface area contributed by atoms with Crippen LogP contribution in [0.5, 0.6) is 0 Å². The molecule has 1 heterocycles. The highest BCUT2D eigenvalue weighted by molar-refractivity contribution is 7.89. The summed E-state index contributed by atoms with van der Waals surface area (Å²) in [7, 11) is -3.87. The van der Waals surface area contributed by atoms with E-state index >= 15 is 0 Å². The van der Waals surface area contributed by atoms with Crippen molar-refractivity contribution in [1.82, 2.24) is 0 Å². The van der Waals surface area contributed by atoms with Crippen LogP contribution in [0.25, 0.3) is 0 Å². The van der Waals surface area contributed by atoms with E-state index < -0.39 is 16.1 Å². The fourth-order valence-corrected chi connectivity index (χ4v) is 2.76. The van der Waals surface area contributed by atoms with E-state index in [0.29, 0.717) is 31.1 Å². The van der Waals surface area contributed by atoms with E-state index in [1.165, 1.54) is 6.07 Å². The van der Waals surface area contributed by atoms with E-state index in [9.17, 15) is 8.42 Å². The van der Waals surface area contributed by atoms with Gasteiger partial charge in [0.05, 0.1) is 24.9 Å².